The highest BCUT2D eigenvalue weighted by atomic mass is 16.2. The van der Waals surface area contributed by atoms with Gasteiger partial charge in [0.15, 0.2) is 0 Å². The molecular weight excluding hydrogens is 378 g/mol. The highest BCUT2D eigenvalue weighted by molar-refractivity contribution is 6.01. The predicted octanol–water partition coefficient (Wildman–Crippen LogP) is 2.28. The molecule has 1 aromatic carbocycles. The van der Waals surface area contributed by atoms with Gasteiger partial charge in [-0.15, -0.1) is 0 Å². The van der Waals surface area contributed by atoms with Crippen LogP contribution in [0.4, 0.5) is 0 Å². The van der Waals surface area contributed by atoms with Crippen LogP contribution < -0.4 is 22.1 Å². The molecule has 7 heteroatoms. The largest absolute Gasteiger partial charge is 0.384 e. The van der Waals surface area contributed by atoms with Crippen molar-refractivity contribution in [3.8, 4) is 0 Å². The number of carbonyl (C=O) groups excluding carboxylic acids is 2. The van der Waals surface area contributed by atoms with Crippen molar-refractivity contribution < 1.29 is 9.59 Å². The second kappa shape index (κ2) is 10.6. The number of nitrogens with two attached hydrogens (primary N) is 2. The molecule has 0 heterocycles. The fraction of sp³-hybridized carbons (Fsp3) is 0.609. The third-order valence-corrected chi connectivity index (χ3v) is 6.65. The van der Waals surface area contributed by atoms with Gasteiger partial charge in [0.25, 0.3) is 5.91 Å². The molecule has 0 spiro atoms. The van der Waals surface area contributed by atoms with Crippen LogP contribution in [0.5, 0.6) is 0 Å². The minimum absolute atomic E-state index is 0.0748. The van der Waals surface area contributed by atoms with Crippen LogP contribution in [0.2, 0.25) is 0 Å². The van der Waals surface area contributed by atoms with Gasteiger partial charge in [-0.3, -0.25) is 15.0 Å². The van der Waals surface area contributed by atoms with Crippen molar-refractivity contribution in [2.24, 2.45) is 23.3 Å². The Balaban J connectivity index is 1.69. The molecule has 0 bridgehead atoms. The number of hydrogen-bond donors (Lipinski definition) is 5. The lowest BCUT2D eigenvalue weighted by molar-refractivity contribution is -0.125. The van der Waals surface area contributed by atoms with Gasteiger partial charge in [-0.05, 0) is 69.0 Å². The molecule has 3 rings (SSSR count). The first-order valence-corrected chi connectivity index (χ1v) is 11.2. The Morgan fingerprint density at radius 2 is 1.70 bits per heavy atom. The van der Waals surface area contributed by atoms with Crippen LogP contribution in [0.25, 0.3) is 0 Å². The lowest BCUT2D eigenvalue weighted by Crippen LogP contribution is -2.54. The smallest absolute Gasteiger partial charge is 0.251 e. The first kappa shape index (κ1) is 22.3. The number of amides is 2. The fourth-order valence-electron chi connectivity index (χ4n) is 4.75. The molecule has 2 aliphatic carbocycles. The Labute approximate surface area is 178 Å². The minimum Gasteiger partial charge on any atom is -0.384 e. The summed E-state index contributed by atoms with van der Waals surface area (Å²) in [4.78, 5) is 26.1. The molecule has 2 fully saturated rings. The monoisotopic (exact) mass is 413 g/mol. The maximum atomic E-state index is 13.2. The normalized spacial score (nSPS) is 23.4. The quantitative estimate of drug-likeness (QED) is 0.346. The van der Waals surface area contributed by atoms with Crippen molar-refractivity contribution in [1.29, 1.82) is 5.41 Å². The fourth-order valence-corrected chi connectivity index (χ4v) is 4.75. The van der Waals surface area contributed by atoms with Crippen molar-refractivity contribution in [2.75, 3.05) is 6.54 Å². The molecule has 30 heavy (non-hydrogen) atoms. The van der Waals surface area contributed by atoms with Crippen LogP contribution in [0.3, 0.4) is 0 Å². The van der Waals surface area contributed by atoms with E-state index in [2.05, 4.69) is 10.6 Å². The predicted molar refractivity (Wildman–Crippen MR) is 118 cm³/mol. The van der Waals surface area contributed by atoms with Gasteiger partial charge in [0.05, 0.1) is 0 Å². The molecule has 164 valence electrons. The summed E-state index contributed by atoms with van der Waals surface area (Å²) in [5.74, 6) is 0.253. The molecule has 0 saturated heterocycles. The summed E-state index contributed by atoms with van der Waals surface area (Å²) in [5, 5.41) is 13.8. The highest BCUT2D eigenvalue weighted by Crippen LogP contribution is 2.28. The number of nitrogens with one attached hydrogen (secondary N) is 3. The number of benzene rings is 1. The van der Waals surface area contributed by atoms with Crippen molar-refractivity contribution in [3.05, 3.63) is 35.4 Å². The van der Waals surface area contributed by atoms with E-state index in [1.54, 1.807) is 24.3 Å². The molecule has 0 aliphatic heterocycles. The van der Waals surface area contributed by atoms with Gasteiger partial charge in [-0.1, -0.05) is 31.4 Å². The van der Waals surface area contributed by atoms with Crippen LogP contribution in [0, 0.1) is 17.2 Å². The Morgan fingerprint density at radius 1 is 1.03 bits per heavy atom. The first-order valence-electron chi connectivity index (χ1n) is 11.2. The maximum Gasteiger partial charge on any atom is 0.251 e. The number of rotatable bonds is 7. The SMILES string of the molecule is N=C(N)c1cccc(C(=O)N[C@H](C(=O)NC2CCC(CN)CC2)C2CCCCC2)c1. The van der Waals surface area contributed by atoms with E-state index in [1.807, 2.05) is 0 Å². The van der Waals surface area contributed by atoms with Crippen molar-refractivity contribution in [3.63, 3.8) is 0 Å². The first-order chi connectivity index (χ1) is 14.5. The Kier molecular flexibility index (Phi) is 7.85. The molecule has 2 saturated carbocycles. The number of nitrogen functional groups attached to an aromatic ring is 1. The van der Waals surface area contributed by atoms with E-state index in [1.165, 1.54) is 6.42 Å². The van der Waals surface area contributed by atoms with Crippen LogP contribution in [0.15, 0.2) is 24.3 Å². The molecule has 0 aromatic heterocycles. The Bertz CT molecular complexity index is 752. The van der Waals surface area contributed by atoms with Gasteiger partial charge < -0.3 is 22.1 Å². The third kappa shape index (κ3) is 5.81. The average molecular weight is 414 g/mol. The third-order valence-electron chi connectivity index (χ3n) is 6.65. The summed E-state index contributed by atoms with van der Waals surface area (Å²) in [6.07, 6.45) is 9.23. The van der Waals surface area contributed by atoms with Crippen LogP contribution in [0.1, 0.15) is 73.7 Å². The van der Waals surface area contributed by atoms with E-state index in [4.69, 9.17) is 16.9 Å². The zero-order chi connectivity index (χ0) is 21.5. The van der Waals surface area contributed by atoms with Crippen LogP contribution in [-0.4, -0.2) is 36.3 Å². The summed E-state index contributed by atoms with van der Waals surface area (Å²) in [7, 11) is 0. The van der Waals surface area contributed by atoms with E-state index in [-0.39, 0.29) is 29.6 Å². The Morgan fingerprint density at radius 3 is 2.33 bits per heavy atom. The standard InChI is InChI=1S/C23H35N5O2/c24-14-15-9-11-19(12-10-15)27-23(30)20(16-5-2-1-3-6-16)28-22(29)18-8-4-7-17(13-18)21(25)26/h4,7-8,13,15-16,19-20H,1-3,5-6,9-12,14,24H2,(H3,25,26)(H,27,30)(H,28,29)/t15?,19?,20-/m0/s1. The molecule has 1 aromatic rings. The van der Waals surface area contributed by atoms with Crippen molar-refractivity contribution >= 4 is 17.6 Å². The zero-order valence-electron chi connectivity index (χ0n) is 17.7. The van der Waals surface area contributed by atoms with Crippen molar-refractivity contribution in [2.45, 2.75) is 69.9 Å². The second-order valence-corrected chi connectivity index (χ2v) is 8.81. The van der Waals surface area contributed by atoms with E-state index in [9.17, 15) is 9.59 Å². The molecule has 0 unspecified atom stereocenters. The molecule has 7 N–H and O–H groups in total. The maximum absolute atomic E-state index is 13.2. The van der Waals surface area contributed by atoms with Gasteiger partial charge in [0.1, 0.15) is 11.9 Å². The molecule has 2 aliphatic rings. The summed E-state index contributed by atoms with van der Waals surface area (Å²) in [6, 6.07) is 6.31. The zero-order valence-corrected chi connectivity index (χ0v) is 17.7. The molecule has 7 nitrogen and oxygen atoms in total. The summed E-state index contributed by atoms with van der Waals surface area (Å²) in [5.41, 5.74) is 12.2. The lowest BCUT2D eigenvalue weighted by atomic mass is 9.82. The average Bonchev–Trinajstić information content (AvgIpc) is 2.78. The Hall–Kier alpha value is -2.41. The number of carbonyl (C=O) groups is 2. The van der Waals surface area contributed by atoms with Gasteiger partial charge in [-0.25, -0.2) is 0 Å². The highest BCUT2D eigenvalue weighted by Gasteiger charge is 2.33. The number of hydrogen-bond acceptors (Lipinski definition) is 4. The second-order valence-electron chi connectivity index (χ2n) is 8.81. The summed E-state index contributed by atoms with van der Waals surface area (Å²) in [6.45, 7) is 0.709. The van der Waals surface area contributed by atoms with E-state index in [0.717, 1.165) is 51.4 Å². The van der Waals surface area contributed by atoms with Crippen molar-refractivity contribution in [1.82, 2.24) is 10.6 Å². The van der Waals surface area contributed by atoms with E-state index < -0.39 is 6.04 Å². The van der Waals surface area contributed by atoms with Gasteiger partial charge in [0, 0.05) is 17.2 Å². The lowest BCUT2D eigenvalue weighted by Gasteiger charge is -2.33. The van der Waals surface area contributed by atoms with Crippen LogP contribution >= 0.6 is 0 Å². The summed E-state index contributed by atoms with van der Waals surface area (Å²) < 4.78 is 0. The molecule has 0 radical (unpaired) electrons. The molecular formula is C23H35N5O2. The van der Waals surface area contributed by atoms with Crippen LogP contribution in [-0.2, 0) is 4.79 Å². The molecule has 2 amide bonds. The van der Waals surface area contributed by atoms with E-state index >= 15 is 0 Å². The van der Waals surface area contributed by atoms with Gasteiger partial charge in [0.2, 0.25) is 5.91 Å². The topological polar surface area (TPSA) is 134 Å². The molecule has 1 atom stereocenters. The van der Waals surface area contributed by atoms with E-state index in [0.29, 0.717) is 23.6 Å². The van der Waals surface area contributed by atoms with Gasteiger partial charge >= 0.3 is 0 Å². The minimum atomic E-state index is -0.536. The summed E-state index contributed by atoms with van der Waals surface area (Å²) >= 11 is 0. The van der Waals surface area contributed by atoms with Gasteiger partial charge in [-0.2, -0.15) is 0 Å². The number of amidine groups is 1.